The molecule has 2 aliphatic rings. The Balaban J connectivity index is 1.82. The van der Waals surface area contributed by atoms with E-state index in [1.165, 1.54) is 17.9 Å². The molecule has 1 unspecified atom stereocenters. The zero-order valence-corrected chi connectivity index (χ0v) is 16.7. The lowest BCUT2D eigenvalue weighted by Gasteiger charge is -2.39. The fourth-order valence-corrected chi connectivity index (χ4v) is 3.56. The summed E-state index contributed by atoms with van der Waals surface area (Å²) in [7, 11) is 0. The summed E-state index contributed by atoms with van der Waals surface area (Å²) in [5.41, 5.74) is 5.65. The number of nitrogens with two attached hydrogens (primary N) is 1. The molecule has 1 heterocycles. The molecular weight excluding hydrogens is 391 g/mol. The summed E-state index contributed by atoms with van der Waals surface area (Å²) in [5, 5.41) is 5.37. The van der Waals surface area contributed by atoms with Crippen molar-refractivity contribution in [1.82, 2.24) is 15.5 Å². The van der Waals surface area contributed by atoms with Crippen LogP contribution in [0.25, 0.3) is 5.57 Å². The number of nitrogens with one attached hydrogen (secondary N) is 2. The number of allylic oxidation sites excluding steroid dienone is 2. The first kappa shape index (κ1) is 21.5. The van der Waals surface area contributed by atoms with Crippen LogP contribution in [0.1, 0.15) is 18.9 Å². The van der Waals surface area contributed by atoms with E-state index in [2.05, 4.69) is 10.6 Å². The minimum Gasteiger partial charge on any atom is -0.442 e. The van der Waals surface area contributed by atoms with Crippen LogP contribution in [-0.4, -0.2) is 60.6 Å². The molecule has 3 rings (SSSR count). The Bertz CT molecular complexity index is 901. The summed E-state index contributed by atoms with van der Waals surface area (Å²) in [5.74, 6) is -0.910. The van der Waals surface area contributed by atoms with Crippen LogP contribution in [0.2, 0.25) is 0 Å². The molecule has 1 aromatic rings. The summed E-state index contributed by atoms with van der Waals surface area (Å²) in [6.45, 7) is 1.78. The second-order valence-corrected chi connectivity index (χ2v) is 7.31. The number of ether oxygens (including phenoxy) is 1. The van der Waals surface area contributed by atoms with E-state index >= 15 is 0 Å². The highest BCUT2D eigenvalue weighted by Crippen LogP contribution is 2.34. The van der Waals surface area contributed by atoms with Crippen LogP contribution in [0.15, 0.2) is 42.5 Å². The number of carbonyl (C=O) groups is 3. The lowest BCUT2D eigenvalue weighted by atomic mass is 9.84. The van der Waals surface area contributed by atoms with E-state index in [9.17, 15) is 18.8 Å². The van der Waals surface area contributed by atoms with E-state index in [1.54, 1.807) is 30.4 Å². The van der Waals surface area contributed by atoms with Gasteiger partial charge in [-0.3, -0.25) is 14.5 Å². The molecule has 1 saturated heterocycles. The van der Waals surface area contributed by atoms with Crippen LogP contribution in [0.4, 0.5) is 9.18 Å². The number of carbonyl (C=O) groups excluding carboxylic acids is 3. The Kier molecular flexibility index (Phi) is 6.51. The first-order chi connectivity index (χ1) is 14.3. The first-order valence-corrected chi connectivity index (χ1v) is 9.68. The van der Waals surface area contributed by atoms with Gasteiger partial charge < -0.3 is 21.1 Å². The summed E-state index contributed by atoms with van der Waals surface area (Å²) in [4.78, 5) is 37.0. The fraction of sp³-hybridized carbons (Fsp3) is 0.381. The maximum absolute atomic E-state index is 14.2. The van der Waals surface area contributed by atoms with Crippen LogP contribution in [-0.2, 0) is 14.3 Å². The lowest BCUT2D eigenvalue weighted by Crippen LogP contribution is -2.56. The number of cyclic esters (lactones) is 1. The SMILES string of the molecule is CC(=O)NC[C@H]1CN(C2(CNC(=O)CN)C=CC(c3ccccc3F)=CC2)C(=O)O1. The summed E-state index contributed by atoms with van der Waals surface area (Å²) >= 11 is 0. The van der Waals surface area contributed by atoms with Gasteiger partial charge in [-0.2, -0.15) is 0 Å². The Hall–Kier alpha value is -3.20. The number of hydrogen-bond acceptors (Lipinski definition) is 5. The standard InChI is InChI=1S/C21H25FN4O4/c1-14(27)24-11-16-12-26(20(29)30-16)21(13-25-19(28)10-23)8-6-15(7-9-21)17-4-2-3-5-18(17)22/h2-8,16H,9-13,23H2,1H3,(H,24,27)(H,25,28)/t16-,21?/m0/s1. The van der Waals surface area contributed by atoms with Gasteiger partial charge in [0.1, 0.15) is 11.9 Å². The highest BCUT2D eigenvalue weighted by molar-refractivity contribution is 5.80. The molecule has 1 aliphatic heterocycles. The summed E-state index contributed by atoms with van der Waals surface area (Å²) in [6, 6.07) is 6.44. The van der Waals surface area contributed by atoms with Crippen LogP contribution in [0.3, 0.4) is 0 Å². The maximum atomic E-state index is 14.2. The van der Waals surface area contributed by atoms with Crippen molar-refractivity contribution in [3.05, 3.63) is 53.9 Å². The smallest absolute Gasteiger partial charge is 0.411 e. The normalized spacial score (nSPS) is 23.0. The largest absolute Gasteiger partial charge is 0.442 e. The van der Waals surface area contributed by atoms with Gasteiger partial charge in [-0.1, -0.05) is 36.4 Å². The minimum absolute atomic E-state index is 0.128. The molecule has 0 saturated carbocycles. The van der Waals surface area contributed by atoms with E-state index in [-0.39, 0.29) is 43.8 Å². The number of rotatable bonds is 7. The highest BCUT2D eigenvalue weighted by Gasteiger charge is 2.45. The van der Waals surface area contributed by atoms with E-state index in [0.29, 0.717) is 17.6 Å². The third kappa shape index (κ3) is 4.68. The van der Waals surface area contributed by atoms with Gasteiger partial charge in [-0.15, -0.1) is 0 Å². The molecule has 4 N–H and O–H groups in total. The molecule has 8 nitrogen and oxygen atoms in total. The summed E-state index contributed by atoms with van der Waals surface area (Å²) < 4.78 is 19.6. The zero-order chi connectivity index (χ0) is 21.7. The van der Waals surface area contributed by atoms with Gasteiger partial charge in [0, 0.05) is 19.0 Å². The predicted molar refractivity (Wildman–Crippen MR) is 109 cm³/mol. The fourth-order valence-electron chi connectivity index (χ4n) is 3.56. The van der Waals surface area contributed by atoms with Crippen molar-refractivity contribution in [3.8, 4) is 0 Å². The lowest BCUT2D eigenvalue weighted by molar-refractivity contribution is -0.120. The number of nitrogens with zero attached hydrogens (tertiary/aromatic N) is 1. The molecule has 0 radical (unpaired) electrons. The second-order valence-electron chi connectivity index (χ2n) is 7.31. The number of halogens is 1. The molecule has 160 valence electrons. The van der Waals surface area contributed by atoms with E-state index in [0.717, 1.165) is 0 Å². The number of benzene rings is 1. The van der Waals surface area contributed by atoms with Crippen LogP contribution in [0, 0.1) is 5.82 Å². The number of amides is 3. The van der Waals surface area contributed by atoms with Gasteiger partial charge in [-0.05, 0) is 18.1 Å². The average Bonchev–Trinajstić information content (AvgIpc) is 3.12. The van der Waals surface area contributed by atoms with Gasteiger partial charge in [0.25, 0.3) is 0 Å². The van der Waals surface area contributed by atoms with Gasteiger partial charge in [-0.25, -0.2) is 9.18 Å². The van der Waals surface area contributed by atoms with Crippen molar-refractivity contribution in [2.45, 2.75) is 25.0 Å². The van der Waals surface area contributed by atoms with Crippen molar-refractivity contribution in [1.29, 1.82) is 0 Å². The van der Waals surface area contributed by atoms with Gasteiger partial charge in [0.05, 0.1) is 25.2 Å². The summed E-state index contributed by atoms with van der Waals surface area (Å²) in [6.07, 6.45) is 4.66. The van der Waals surface area contributed by atoms with Crippen LogP contribution in [0.5, 0.6) is 0 Å². The molecule has 2 atom stereocenters. The quantitative estimate of drug-likeness (QED) is 0.612. The van der Waals surface area contributed by atoms with Gasteiger partial charge in [0.15, 0.2) is 0 Å². The van der Waals surface area contributed by atoms with Crippen LogP contribution < -0.4 is 16.4 Å². The molecule has 3 amide bonds. The minimum atomic E-state index is -0.887. The van der Waals surface area contributed by atoms with Crippen molar-refractivity contribution >= 4 is 23.5 Å². The van der Waals surface area contributed by atoms with Crippen molar-refractivity contribution in [2.75, 3.05) is 26.2 Å². The highest BCUT2D eigenvalue weighted by atomic mass is 19.1. The van der Waals surface area contributed by atoms with Crippen molar-refractivity contribution in [3.63, 3.8) is 0 Å². The predicted octanol–water partition coefficient (Wildman–Crippen LogP) is 0.940. The van der Waals surface area contributed by atoms with Crippen molar-refractivity contribution < 1.29 is 23.5 Å². The molecule has 1 fully saturated rings. The topological polar surface area (TPSA) is 114 Å². The van der Waals surface area contributed by atoms with E-state index < -0.39 is 17.7 Å². The van der Waals surface area contributed by atoms with Gasteiger partial charge in [0.2, 0.25) is 11.8 Å². The van der Waals surface area contributed by atoms with Crippen molar-refractivity contribution in [2.24, 2.45) is 5.73 Å². The molecule has 9 heteroatoms. The first-order valence-electron chi connectivity index (χ1n) is 9.68. The van der Waals surface area contributed by atoms with E-state index in [4.69, 9.17) is 10.5 Å². The Morgan fingerprint density at radius 3 is 2.73 bits per heavy atom. The average molecular weight is 416 g/mol. The molecule has 1 aromatic carbocycles. The molecular formula is C21H25FN4O4. The molecule has 1 aliphatic carbocycles. The number of hydrogen-bond donors (Lipinski definition) is 3. The Labute approximate surface area is 173 Å². The Morgan fingerprint density at radius 2 is 2.10 bits per heavy atom. The third-order valence-electron chi connectivity index (χ3n) is 5.20. The molecule has 30 heavy (non-hydrogen) atoms. The molecule has 0 bridgehead atoms. The monoisotopic (exact) mass is 416 g/mol. The Morgan fingerprint density at radius 1 is 1.33 bits per heavy atom. The molecule has 0 aromatic heterocycles. The van der Waals surface area contributed by atoms with E-state index in [1.807, 2.05) is 6.08 Å². The van der Waals surface area contributed by atoms with Crippen LogP contribution >= 0.6 is 0 Å². The zero-order valence-electron chi connectivity index (χ0n) is 16.7. The third-order valence-corrected chi connectivity index (χ3v) is 5.20. The van der Waals surface area contributed by atoms with Gasteiger partial charge >= 0.3 is 6.09 Å². The second kappa shape index (κ2) is 9.08. The maximum Gasteiger partial charge on any atom is 0.411 e. The molecule has 0 spiro atoms.